The lowest BCUT2D eigenvalue weighted by Crippen LogP contribution is -2.26. The Bertz CT molecular complexity index is 477. The Kier molecular flexibility index (Phi) is 4.33. The monoisotopic (exact) mass is 264 g/mol. The fraction of sp³-hybridized carbons (Fsp3) is 0.385. The summed E-state index contributed by atoms with van der Waals surface area (Å²) in [5.41, 5.74) is 3.12. The van der Waals surface area contributed by atoms with E-state index in [2.05, 4.69) is 26.6 Å². The number of H-pyrrole nitrogens is 1. The summed E-state index contributed by atoms with van der Waals surface area (Å²) < 4.78 is 0. The summed E-state index contributed by atoms with van der Waals surface area (Å²) in [6, 6.07) is 8.03. The van der Waals surface area contributed by atoms with Crippen LogP contribution in [0.25, 0.3) is 11.4 Å². The van der Waals surface area contributed by atoms with Crippen molar-refractivity contribution in [3.63, 3.8) is 0 Å². The van der Waals surface area contributed by atoms with Crippen LogP contribution in [0.15, 0.2) is 30.5 Å². The Morgan fingerprint density at radius 2 is 1.94 bits per heavy atom. The minimum absolute atomic E-state index is 0. The summed E-state index contributed by atoms with van der Waals surface area (Å²) in [4.78, 5) is 4.31. The number of hydrogen-bond donors (Lipinski definition) is 2. The Morgan fingerprint density at radius 1 is 1.11 bits per heavy atom. The van der Waals surface area contributed by atoms with Gasteiger partial charge in [0.05, 0.1) is 5.69 Å². The Morgan fingerprint density at radius 3 is 2.67 bits per heavy atom. The smallest absolute Gasteiger partial charge is 0.111 e. The molecule has 1 saturated heterocycles. The molecular formula is C13H17ClN4. The van der Waals surface area contributed by atoms with E-state index >= 15 is 0 Å². The highest BCUT2D eigenvalue weighted by Crippen LogP contribution is 2.26. The molecule has 2 aromatic heterocycles. The van der Waals surface area contributed by atoms with Crippen LogP contribution in [-0.2, 0) is 0 Å². The van der Waals surface area contributed by atoms with Crippen molar-refractivity contribution in [1.82, 2.24) is 20.5 Å². The van der Waals surface area contributed by atoms with Gasteiger partial charge in [0.1, 0.15) is 5.69 Å². The van der Waals surface area contributed by atoms with Crippen molar-refractivity contribution in [3.8, 4) is 11.4 Å². The van der Waals surface area contributed by atoms with E-state index in [1.54, 1.807) is 6.20 Å². The van der Waals surface area contributed by atoms with Crippen molar-refractivity contribution in [2.45, 2.75) is 18.8 Å². The summed E-state index contributed by atoms with van der Waals surface area (Å²) >= 11 is 0. The van der Waals surface area contributed by atoms with Gasteiger partial charge in [-0.3, -0.25) is 10.1 Å². The number of pyridine rings is 1. The van der Waals surface area contributed by atoms with Gasteiger partial charge in [0.2, 0.25) is 0 Å². The number of aromatic amines is 1. The van der Waals surface area contributed by atoms with Crippen LogP contribution in [0.3, 0.4) is 0 Å². The first-order valence-corrected chi connectivity index (χ1v) is 6.11. The van der Waals surface area contributed by atoms with Crippen LogP contribution in [0, 0.1) is 0 Å². The van der Waals surface area contributed by atoms with Crippen LogP contribution in [-0.4, -0.2) is 28.3 Å². The van der Waals surface area contributed by atoms with Gasteiger partial charge in [-0.2, -0.15) is 5.10 Å². The first-order chi connectivity index (χ1) is 8.43. The average molecular weight is 265 g/mol. The summed E-state index contributed by atoms with van der Waals surface area (Å²) in [5.74, 6) is 0.612. The third kappa shape index (κ3) is 2.71. The number of nitrogens with one attached hydrogen (secondary N) is 2. The molecule has 4 nitrogen and oxygen atoms in total. The molecule has 2 aromatic rings. The Labute approximate surface area is 113 Å². The average Bonchev–Trinajstić information content (AvgIpc) is 2.90. The minimum atomic E-state index is 0. The molecule has 96 valence electrons. The van der Waals surface area contributed by atoms with Crippen LogP contribution in [0.4, 0.5) is 0 Å². The lowest BCUT2D eigenvalue weighted by atomic mass is 9.94. The molecular weight excluding hydrogens is 248 g/mol. The number of nitrogens with zero attached hydrogens (tertiary/aromatic N) is 2. The number of hydrogen-bond acceptors (Lipinski definition) is 3. The van der Waals surface area contributed by atoms with E-state index in [0.717, 1.165) is 24.5 Å². The zero-order valence-corrected chi connectivity index (χ0v) is 10.9. The first-order valence-electron chi connectivity index (χ1n) is 6.11. The number of halogens is 1. The highest BCUT2D eigenvalue weighted by Gasteiger charge is 2.17. The third-order valence-electron chi connectivity index (χ3n) is 3.30. The molecule has 2 N–H and O–H groups in total. The molecule has 0 spiro atoms. The first kappa shape index (κ1) is 13.1. The molecule has 0 saturated carbocycles. The van der Waals surface area contributed by atoms with E-state index in [1.165, 1.54) is 18.5 Å². The van der Waals surface area contributed by atoms with E-state index in [0.29, 0.717) is 5.92 Å². The highest BCUT2D eigenvalue weighted by atomic mass is 35.5. The van der Waals surface area contributed by atoms with Crippen molar-refractivity contribution in [2.75, 3.05) is 13.1 Å². The fourth-order valence-corrected chi connectivity index (χ4v) is 2.32. The highest BCUT2D eigenvalue weighted by molar-refractivity contribution is 5.85. The molecule has 0 aromatic carbocycles. The minimum Gasteiger partial charge on any atom is -0.317 e. The van der Waals surface area contributed by atoms with Gasteiger partial charge < -0.3 is 5.32 Å². The van der Waals surface area contributed by atoms with E-state index in [9.17, 15) is 0 Å². The van der Waals surface area contributed by atoms with E-state index in [4.69, 9.17) is 0 Å². The zero-order chi connectivity index (χ0) is 11.5. The van der Waals surface area contributed by atoms with E-state index in [-0.39, 0.29) is 12.4 Å². The zero-order valence-electron chi connectivity index (χ0n) is 10.1. The van der Waals surface area contributed by atoms with Crippen LogP contribution in [0.5, 0.6) is 0 Å². The lowest BCUT2D eigenvalue weighted by Gasteiger charge is -2.20. The molecule has 3 heterocycles. The van der Waals surface area contributed by atoms with Crippen LogP contribution in [0.2, 0.25) is 0 Å². The largest absolute Gasteiger partial charge is 0.317 e. The second kappa shape index (κ2) is 5.98. The summed E-state index contributed by atoms with van der Waals surface area (Å²) in [7, 11) is 0. The summed E-state index contributed by atoms with van der Waals surface area (Å²) in [6.07, 6.45) is 4.17. The van der Waals surface area contributed by atoms with Crippen molar-refractivity contribution in [2.24, 2.45) is 0 Å². The van der Waals surface area contributed by atoms with E-state index < -0.39 is 0 Å². The molecule has 1 fully saturated rings. The second-order valence-electron chi connectivity index (χ2n) is 4.45. The van der Waals surface area contributed by atoms with Gasteiger partial charge in [0, 0.05) is 17.8 Å². The Hall–Kier alpha value is -1.39. The topological polar surface area (TPSA) is 53.6 Å². The van der Waals surface area contributed by atoms with Gasteiger partial charge in [-0.1, -0.05) is 6.07 Å². The van der Waals surface area contributed by atoms with Crippen LogP contribution < -0.4 is 5.32 Å². The molecule has 3 rings (SSSR count). The van der Waals surface area contributed by atoms with Gasteiger partial charge >= 0.3 is 0 Å². The normalized spacial score (nSPS) is 16.2. The van der Waals surface area contributed by atoms with Crippen LogP contribution >= 0.6 is 12.4 Å². The standard InChI is InChI=1S/C13H16N4.ClH/c1-2-6-15-11(3-1)13-9-12(16-17-13)10-4-7-14-8-5-10;/h1-3,6,9-10,14H,4-5,7-8H2,(H,16,17);1H. The predicted octanol–water partition coefficient (Wildman–Crippen LogP) is 2.36. The molecule has 0 aliphatic carbocycles. The fourth-order valence-electron chi connectivity index (χ4n) is 2.32. The number of piperidine rings is 1. The molecule has 1 aliphatic heterocycles. The summed E-state index contributed by atoms with van der Waals surface area (Å²) in [5, 5.41) is 10.9. The van der Waals surface area contributed by atoms with Crippen molar-refractivity contribution in [1.29, 1.82) is 0 Å². The predicted molar refractivity (Wildman–Crippen MR) is 73.9 cm³/mol. The maximum atomic E-state index is 4.35. The summed E-state index contributed by atoms with van der Waals surface area (Å²) in [6.45, 7) is 2.20. The molecule has 0 radical (unpaired) electrons. The SMILES string of the molecule is Cl.c1ccc(-c2cc(C3CCNCC3)[nH]n2)nc1. The molecule has 0 amide bonds. The van der Waals surface area contributed by atoms with Gasteiger partial charge in [-0.15, -0.1) is 12.4 Å². The molecule has 0 atom stereocenters. The molecule has 1 aliphatic rings. The van der Waals surface area contributed by atoms with Crippen LogP contribution in [0.1, 0.15) is 24.5 Å². The molecule has 18 heavy (non-hydrogen) atoms. The third-order valence-corrected chi connectivity index (χ3v) is 3.30. The van der Waals surface area contributed by atoms with Crippen molar-refractivity contribution < 1.29 is 0 Å². The maximum absolute atomic E-state index is 4.35. The Balaban J connectivity index is 0.00000120. The van der Waals surface area contributed by atoms with Crippen molar-refractivity contribution >= 4 is 12.4 Å². The van der Waals surface area contributed by atoms with Gasteiger partial charge in [-0.25, -0.2) is 0 Å². The van der Waals surface area contributed by atoms with Gasteiger partial charge in [0.25, 0.3) is 0 Å². The molecule has 0 unspecified atom stereocenters. The molecule has 0 bridgehead atoms. The quantitative estimate of drug-likeness (QED) is 0.876. The maximum Gasteiger partial charge on any atom is 0.111 e. The van der Waals surface area contributed by atoms with Gasteiger partial charge in [0.15, 0.2) is 0 Å². The number of aromatic nitrogens is 3. The van der Waals surface area contributed by atoms with Gasteiger partial charge in [-0.05, 0) is 44.1 Å². The second-order valence-corrected chi connectivity index (χ2v) is 4.45. The van der Waals surface area contributed by atoms with E-state index in [1.807, 2.05) is 18.2 Å². The lowest BCUT2D eigenvalue weighted by molar-refractivity contribution is 0.453. The number of rotatable bonds is 2. The molecule has 5 heteroatoms. The van der Waals surface area contributed by atoms with Crippen molar-refractivity contribution in [3.05, 3.63) is 36.2 Å².